The number of nitrogens with one attached hydrogen (secondary N) is 1. The van der Waals surface area contributed by atoms with E-state index in [0.717, 1.165) is 11.1 Å². The van der Waals surface area contributed by atoms with Gasteiger partial charge in [0, 0.05) is 25.1 Å². The molecule has 0 bridgehead atoms. The van der Waals surface area contributed by atoms with Gasteiger partial charge in [-0.2, -0.15) is 0 Å². The first kappa shape index (κ1) is 21.0. The van der Waals surface area contributed by atoms with Crippen molar-refractivity contribution in [2.75, 3.05) is 6.54 Å². The van der Waals surface area contributed by atoms with E-state index in [-0.39, 0.29) is 29.6 Å². The first-order valence-corrected chi connectivity index (χ1v) is 9.76. The maximum Gasteiger partial charge on any atom is 0.220 e. The number of hydrogen-bond donors (Lipinski definition) is 4. The van der Waals surface area contributed by atoms with Gasteiger partial charge >= 0.3 is 0 Å². The SMILES string of the molecule is O=C(CCc1cc(O)cc(O)c1)NCCc1cc(O)cc(OCc2ccccc2)c1. The van der Waals surface area contributed by atoms with Crippen LogP contribution in [-0.4, -0.2) is 27.8 Å². The maximum atomic E-state index is 12.1. The van der Waals surface area contributed by atoms with E-state index in [1.54, 1.807) is 12.1 Å². The average molecular weight is 407 g/mol. The molecule has 0 fully saturated rings. The Labute approximate surface area is 175 Å². The third-order valence-corrected chi connectivity index (χ3v) is 4.54. The average Bonchev–Trinajstić information content (AvgIpc) is 2.70. The second-order valence-electron chi connectivity index (χ2n) is 7.07. The molecule has 0 radical (unpaired) electrons. The van der Waals surface area contributed by atoms with Gasteiger partial charge in [-0.3, -0.25) is 4.79 Å². The molecule has 0 aliphatic rings. The van der Waals surface area contributed by atoms with Gasteiger partial charge in [-0.15, -0.1) is 0 Å². The van der Waals surface area contributed by atoms with Crippen LogP contribution in [0.5, 0.6) is 23.0 Å². The first-order valence-electron chi connectivity index (χ1n) is 9.76. The minimum atomic E-state index is -0.126. The Morgan fingerprint density at radius 3 is 2.10 bits per heavy atom. The van der Waals surface area contributed by atoms with Crippen LogP contribution in [0.1, 0.15) is 23.1 Å². The van der Waals surface area contributed by atoms with Gasteiger partial charge in [-0.05, 0) is 53.8 Å². The lowest BCUT2D eigenvalue weighted by Gasteiger charge is -2.10. The molecule has 6 heteroatoms. The number of amides is 1. The molecule has 1 amide bonds. The van der Waals surface area contributed by atoms with Crippen molar-refractivity contribution >= 4 is 5.91 Å². The van der Waals surface area contributed by atoms with Crippen LogP contribution in [0, 0.1) is 0 Å². The summed E-state index contributed by atoms with van der Waals surface area (Å²) in [4.78, 5) is 12.1. The Morgan fingerprint density at radius 2 is 1.40 bits per heavy atom. The van der Waals surface area contributed by atoms with Crippen LogP contribution in [0.2, 0.25) is 0 Å². The highest BCUT2D eigenvalue weighted by molar-refractivity contribution is 5.76. The quantitative estimate of drug-likeness (QED) is 0.434. The van der Waals surface area contributed by atoms with Gasteiger partial charge < -0.3 is 25.4 Å². The molecule has 0 unspecified atom stereocenters. The van der Waals surface area contributed by atoms with Gasteiger partial charge in [0.25, 0.3) is 0 Å². The highest BCUT2D eigenvalue weighted by atomic mass is 16.5. The second kappa shape index (κ2) is 10.2. The summed E-state index contributed by atoms with van der Waals surface area (Å²) in [5.41, 5.74) is 2.59. The van der Waals surface area contributed by atoms with E-state index >= 15 is 0 Å². The molecule has 3 aromatic rings. The number of hydrogen-bond acceptors (Lipinski definition) is 5. The number of aromatic hydroxyl groups is 3. The largest absolute Gasteiger partial charge is 0.508 e. The molecule has 156 valence electrons. The fraction of sp³-hybridized carbons (Fsp3) is 0.208. The van der Waals surface area contributed by atoms with E-state index in [0.29, 0.717) is 37.3 Å². The Morgan fingerprint density at radius 1 is 0.767 bits per heavy atom. The van der Waals surface area contributed by atoms with Crippen LogP contribution >= 0.6 is 0 Å². The Hall–Kier alpha value is -3.67. The third-order valence-electron chi connectivity index (χ3n) is 4.54. The molecule has 0 heterocycles. The minimum Gasteiger partial charge on any atom is -0.508 e. The first-order chi connectivity index (χ1) is 14.5. The summed E-state index contributed by atoms with van der Waals surface area (Å²) >= 11 is 0. The number of carbonyl (C=O) groups is 1. The van der Waals surface area contributed by atoms with Crippen molar-refractivity contribution in [3.8, 4) is 23.0 Å². The molecule has 30 heavy (non-hydrogen) atoms. The predicted octanol–water partition coefficient (Wildman–Crippen LogP) is 3.67. The van der Waals surface area contributed by atoms with Crippen molar-refractivity contribution < 1.29 is 24.9 Å². The highest BCUT2D eigenvalue weighted by Crippen LogP contribution is 2.23. The summed E-state index contributed by atoms with van der Waals surface area (Å²) < 4.78 is 5.76. The summed E-state index contributed by atoms with van der Waals surface area (Å²) in [6, 6.07) is 19.1. The molecule has 0 spiro atoms. The maximum absolute atomic E-state index is 12.1. The van der Waals surface area contributed by atoms with Crippen LogP contribution in [0.25, 0.3) is 0 Å². The van der Waals surface area contributed by atoms with Crippen molar-refractivity contribution in [2.24, 2.45) is 0 Å². The predicted molar refractivity (Wildman–Crippen MR) is 114 cm³/mol. The molecule has 6 nitrogen and oxygen atoms in total. The van der Waals surface area contributed by atoms with Crippen LogP contribution < -0.4 is 10.1 Å². The van der Waals surface area contributed by atoms with E-state index in [1.807, 2.05) is 36.4 Å². The molecule has 3 rings (SSSR count). The number of phenols is 3. The highest BCUT2D eigenvalue weighted by Gasteiger charge is 2.06. The zero-order chi connectivity index (χ0) is 21.3. The smallest absolute Gasteiger partial charge is 0.220 e. The van der Waals surface area contributed by atoms with Crippen LogP contribution in [0.15, 0.2) is 66.7 Å². The zero-order valence-electron chi connectivity index (χ0n) is 16.5. The third kappa shape index (κ3) is 6.74. The van der Waals surface area contributed by atoms with Crippen molar-refractivity contribution in [3.05, 3.63) is 83.4 Å². The lowest BCUT2D eigenvalue weighted by molar-refractivity contribution is -0.121. The molecule has 0 aliphatic carbocycles. The molecule has 4 N–H and O–H groups in total. The lowest BCUT2D eigenvalue weighted by Crippen LogP contribution is -2.25. The molecule has 0 saturated carbocycles. The zero-order valence-corrected chi connectivity index (χ0v) is 16.5. The van der Waals surface area contributed by atoms with Crippen LogP contribution in [0.4, 0.5) is 0 Å². The van der Waals surface area contributed by atoms with Crippen molar-refractivity contribution in [1.29, 1.82) is 0 Å². The molecule has 0 saturated heterocycles. The van der Waals surface area contributed by atoms with Crippen molar-refractivity contribution in [2.45, 2.75) is 25.9 Å². The Balaban J connectivity index is 1.45. The molecule has 0 aliphatic heterocycles. The monoisotopic (exact) mass is 407 g/mol. The summed E-state index contributed by atoms with van der Waals surface area (Å²) in [5, 5.41) is 31.8. The molecule has 0 atom stereocenters. The van der Waals surface area contributed by atoms with E-state index in [1.165, 1.54) is 18.2 Å². The molecular formula is C24H25NO5. The minimum absolute atomic E-state index is 0.0282. The molecule has 3 aromatic carbocycles. The number of ether oxygens (including phenoxy) is 1. The topological polar surface area (TPSA) is 99.0 Å². The van der Waals surface area contributed by atoms with Gasteiger partial charge in [0.1, 0.15) is 29.6 Å². The van der Waals surface area contributed by atoms with E-state index in [2.05, 4.69) is 5.32 Å². The van der Waals surface area contributed by atoms with Gasteiger partial charge in [0.2, 0.25) is 5.91 Å². The fourth-order valence-corrected chi connectivity index (χ4v) is 3.11. The lowest BCUT2D eigenvalue weighted by atomic mass is 10.1. The van der Waals surface area contributed by atoms with Crippen LogP contribution in [0.3, 0.4) is 0 Å². The summed E-state index contributed by atoms with van der Waals surface area (Å²) in [5.74, 6) is 0.507. The molecular weight excluding hydrogens is 382 g/mol. The Bertz CT molecular complexity index is 968. The van der Waals surface area contributed by atoms with Gasteiger partial charge in [-0.25, -0.2) is 0 Å². The number of carbonyl (C=O) groups excluding carboxylic acids is 1. The van der Waals surface area contributed by atoms with Gasteiger partial charge in [0.05, 0.1) is 0 Å². The van der Waals surface area contributed by atoms with Gasteiger partial charge in [0.15, 0.2) is 0 Å². The molecule has 0 aromatic heterocycles. The standard InChI is InChI=1S/C24H25NO5/c26-20-10-18(11-21(27)14-20)6-7-24(29)25-9-8-19-12-22(28)15-23(13-19)30-16-17-4-2-1-3-5-17/h1-5,10-15,26-28H,6-9,16H2,(H,25,29). The Kier molecular flexibility index (Phi) is 7.16. The summed E-state index contributed by atoms with van der Waals surface area (Å²) in [6.07, 6.45) is 1.21. The van der Waals surface area contributed by atoms with Crippen molar-refractivity contribution in [1.82, 2.24) is 5.32 Å². The number of rotatable bonds is 9. The number of benzene rings is 3. The number of phenolic OH excluding ortho intramolecular Hbond substituents is 3. The number of aryl methyl sites for hydroxylation is 1. The summed E-state index contributed by atoms with van der Waals surface area (Å²) in [7, 11) is 0. The normalized spacial score (nSPS) is 10.5. The van der Waals surface area contributed by atoms with E-state index in [9.17, 15) is 20.1 Å². The van der Waals surface area contributed by atoms with Crippen LogP contribution in [-0.2, 0) is 24.2 Å². The second-order valence-corrected chi connectivity index (χ2v) is 7.07. The van der Waals surface area contributed by atoms with E-state index in [4.69, 9.17) is 4.74 Å². The van der Waals surface area contributed by atoms with Crippen molar-refractivity contribution in [3.63, 3.8) is 0 Å². The fourth-order valence-electron chi connectivity index (χ4n) is 3.11. The van der Waals surface area contributed by atoms with Gasteiger partial charge in [-0.1, -0.05) is 30.3 Å². The van der Waals surface area contributed by atoms with E-state index < -0.39 is 0 Å². The summed E-state index contributed by atoms with van der Waals surface area (Å²) in [6.45, 7) is 0.830.